The molecule has 1 saturated heterocycles. The Morgan fingerprint density at radius 3 is 2.41 bits per heavy atom. The quantitative estimate of drug-likeness (QED) is 0.486. The lowest BCUT2D eigenvalue weighted by atomic mass is 9.82. The van der Waals surface area contributed by atoms with Gasteiger partial charge in [0, 0.05) is 45.1 Å². The number of aromatic nitrogens is 2. The number of rotatable bonds is 8. The SMILES string of the molecule is NC(=O)C1C2C=CC(C2)C1C(=O)NCCCCN1CCN(c2ncccn2)CC1. The molecule has 0 spiro atoms. The number of primary amides is 1. The van der Waals surface area contributed by atoms with E-state index in [1.165, 1.54) is 0 Å². The number of hydrogen-bond donors (Lipinski definition) is 2. The van der Waals surface area contributed by atoms with Gasteiger partial charge in [0.1, 0.15) is 0 Å². The smallest absolute Gasteiger partial charge is 0.225 e. The third kappa shape index (κ3) is 4.42. The van der Waals surface area contributed by atoms with Crippen molar-refractivity contribution >= 4 is 17.8 Å². The molecule has 2 aliphatic carbocycles. The van der Waals surface area contributed by atoms with Crippen LogP contribution < -0.4 is 16.0 Å². The number of allylic oxidation sites excluding steroid dienone is 2. The molecule has 4 rings (SSSR count). The van der Waals surface area contributed by atoms with Gasteiger partial charge in [0.05, 0.1) is 11.8 Å². The van der Waals surface area contributed by atoms with Crippen LogP contribution in [0.4, 0.5) is 5.95 Å². The first-order valence-corrected chi connectivity index (χ1v) is 10.6. The minimum absolute atomic E-state index is 0.0119. The number of nitrogens with one attached hydrogen (secondary N) is 1. The van der Waals surface area contributed by atoms with Crippen molar-refractivity contribution in [1.82, 2.24) is 20.2 Å². The van der Waals surface area contributed by atoms with Gasteiger partial charge in [0.25, 0.3) is 0 Å². The molecule has 1 aliphatic heterocycles. The first-order chi connectivity index (χ1) is 14.1. The number of amides is 2. The van der Waals surface area contributed by atoms with E-state index in [-0.39, 0.29) is 35.5 Å². The zero-order valence-electron chi connectivity index (χ0n) is 16.7. The van der Waals surface area contributed by atoms with Crippen LogP contribution in [0.15, 0.2) is 30.6 Å². The van der Waals surface area contributed by atoms with Crippen molar-refractivity contribution in [2.24, 2.45) is 29.4 Å². The Morgan fingerprint density at radius 1 is 1.03 bits per heavy atom. The molecule has 2 amide bonds. The average molecular weight is 399 g/mol. The van der Waals surface area contributed by atoms with Gasteiger partial charge < -0.3 is 16.0 Å². The van der Waals surface area contributed by atoms with E-state index in [0.29, 0.717) is 6.54 Å². The molecule has 2 bridgehead atoms. The summed E-state index contributed by atoms with van der Waals surface area (Å²) < 4.78 is 0. The molecule has 8 nitrogen and oxygen atoms in total. The fraction of sp³-hybridized carbons (Fsp3) is 0.619. The van der Waals surface area contributed by atoms with E-state index in [1.807, 2.05) is 12.1 Å². The molecular formula is C21H30N6O2. The third-order valence-corrected chi connectivity index (χ3v) is 6.50. The fourth-order valence-corrected chi connectivity index (χ4v) is 4.98. The highest BCUT2D eigenvalue weighted by Gasteiger charge is 2.50. The monoisotopic (exact) mass is 398 g/mol. The standard InChI is InChI=1S/C21H30N6O2/c22-19(28)17-15-4-5-16(14-15)18(17)20(29)23-6-1-2-9-26-10-12-27(13-11-26)21-24-7-3-8-25-21/h3-5,7-8,15-18H,1-2,6,9-14H2,(H2,22,28)(H,23,29). The summed E-state index contributed by atoms with van der Waals surface area (Å²) in [5.74, 6) is 0.144. The second-order valence-electron chi connectivity index (χ2n) is 8.28. The Balaban J connectivity index is 1.13. The van der Waals surface area contributed by atoms with Crippen molar-refractivity contribution in [3.05, 3.63) is 30.6 Å². The van der Waals surface area contributed by atoms with Gasteiger partial charge in [-0.2, -0.15) is 0 Å². The van der Waals surface area contributed by atoms with E-state index < -0.39 is 0 Å². The molecule has 1 aromatic heterocycles. The van der Waals surface area contributed by atoms with Crippen LogP contribution in [0.5, 0.6) is 0 Å². The minimum atomic E-state index is -0.345. The number of piperazine rings is 1. The Bertz CT molecular complexity index is 747. The molecule has 2 heterocycles. The molecule has 29 heavy (non-hydrogen) atoms. The Labute approximate surface area is 171 Å². The number of unbranched alkanes of at least 4 members (excludes halogenated alkanes) is 1. The Hall–Kier alpha value is -2.48. The highest BCUT2D eigenvalue weighted by Crippen LogP contribution is 2.47. The lowest BCUT2D eigenvalue weighted by Gasteiger charge is -2.34. The van der Waals surface area contributed by atoms with E-state index in [9.17, 15) is 9.59 Å². The van der Waals surface area contributed by atoms with Gasteiger partial charge in [-0.15, -0.1) is 0 Å². The van der Waals surface area contributed by atoms with Gasteiger partial charge in [0.15, 0.2) is 0 Å². The minimum Gasteiger partial charge on any atom is -0.369 e. The molecule has 4 atom stereocenters. The predicted octanol–water partition coefficient (Wildman–Crippen LogP) is 0.419. The summed E-state index contributed by atoms with van der Waals surface area (Å²) in [4.78, 5) is 37.7. The summed E-state index contributed by atoms with van der Waals surface area (Å²) in [7, 11) is 0. The molecule has 1 aromatic rings. The van der Waals surface area contributed by atoms with Gasteiger partial charge in [0.2, 0.25) is 17.8 Å². The molecule has 0 radical (unpaired) electrons. The number of fused-ring (bicyclic) bond motifs is 2. The van der Waals surface area contributed by atoms with Gasteiger partial charge in [-0.1, -0.05) is 12.2 Å². The van der Waals surface area contributed by atoms with Crippen molar-refractivity contribution in [3.63, 3.8) is 0 Å². The third-order valence-electron chi connectivity index (χ3n) is 6.50. The van der Waals surface area contributed by atoms with Crippen LogP contribution in [0.1, 0.15) is 19.3 Å². The number of nitrogens with two attached hydrogens (primary N) is 1. The van der Waals surface area contributed by atoms with Crippen LogP contribution in [0.3, 0.4) is 0 Å². The van der Waals surface area contributed by atoms with E-state index in [2.05, 4.69) is 31.2 Å². The lowest BCUT2D eigenvalue weighted by molar-refractivity contribution is -0.133. The molecular weight excluding hydrogens is 368 g/mol. The molecule has 156 valence electrons. The summed E-state index contributed by atoms with van der Waals surface area (Å²) in [6.45, 7) is 5.56. The molecule has 0 aromatic carbocycles. The maximum atomic E-state index is 12.6. The largest absolute Gasteiger partial charge is 0.369 e. The molecule has 8 heteroatoms. The van der Waals surface area contributed by atoms with Crippen molar-refractivity contribution in [1.29, 1.82) is 0 Å². The van der Waals surface area contributed by atoms with E-state index in [4.69, 9.17) is 5.73 Å². The second-order valence-corrected chi connectivity index (χ2v) is 8.28. The number of nitrogens with zero attached hydrogens (tertiary/aromatic N) is 4. The van der Waals surface area contributed by atoms with Crippen molar-refractivity contribution < 1.29 is 9.59 Å². The van der Waals surface area contributed by atoms with Crippen molar-refractivity contribution in [3.8, 4) is 0 Å². The molecule has 1 saturated carbocycles. The van der Waals surface area contributed by atoms with Gasteiger partial charge >= 0.3 is 0 Å². The molecule has 3 aliphatic rings. The van der Waals surface area contributed by atoms with E-state index in [0.717, 1.165) is 57.9 Å². The van der Waals surface area contributed by atoms with Gasteiger partial charge in [-0.3, -0.25) is 14.5 Å². The number of anilines is 1. The highest BCUT2D eigenvalue weighted by atomic mass is 16.2. The summed E-state index contributed by atoms with van der Waals surface area (Å²) in [5, 5.41) is 3.04. The fourth-order valence-electron chi connectivity index (χ4n) is 4.98. The van der Waals surface area contributed by atoms with Gasteiger partial charge in [-0.25, -0.2) is 9.97 Å². The zero-order chi connectivity index (χ0) is 20.2. The first kappa shape index (κ1) is 19.8. The molecule has 3 N–H and O–H groups in total. The maximum Gasteiger partial charge on any atom is 0.225 e. The lowest BCUT2D eigenvalue weighted by Crippen LogP contribution is -2.47. The number of carbonyl (C=O) groups excluding carboxylic acids is 2. The van der Waals surface area contributed by atoms with Crippen LogP contribution in [0.2, 0.25) is 0 Å². The maximum absolute atomic E-state index is 12.6. The van der Waals surface area contributed by atoms with Crippen LogP contribution in [0, 0.1) is 23.7 Å². The normalized spacial score (nSPS) is 28.6. The van der Waals surface area contributed by atoms with Crippen LogP contribution >= 0.6 is 0 Å². The summed E-state index contributed by atoms with van der Waals surface area (Å²) in [5.41, 5.74) is 5.55. The zero-order valence-corrected chi connectivity index (χ0v) is 16.7. The van der Waals surface area contributed by atoms with Crippen LogP contribution in [-0.4, -0.2) is 66.0 Å². The average Bonchev–Trinajstić information content (AvgIpc) is 3.36. The number of hydrogen-bond acceptors (Lipinski definition) is 6. The predicted molar refractivity (Wildman–Crippen MR) is 110 cm³/mol. The summed E-state index contributed by atoms with van der Waals surface area (Å²) in [6, 6.07) is 1.83. The van der Waals surface area contributed by atoms with Crippen molar-refractivity contribution in [2.45, 2.75) is 19.3 Å². The highest BCUT2D eigenvalue weighted by molar-refractivity contribution is 5.89. The van der Waals surface area contributed by atoms with Crippen molar-refractivity contribution in [2.75, 3.05) is 44.2 Å². The Kier molecular flexibility index (Phi) is 6.08. The Morgan fingerprint density at radius 2 is 1.72 bits per heavy atom. The summed E-state index contributed by atoms with van der Waals surface area (Å²) in [6.07, 6.45) is 10.5. The van der Waals surface area contributed by atoms with Crippen LogP contribution in [0.25, 0.3) is 0 Å². The first-order valence-electron chi connectivity index (χ1n) is 10.6. The van der Waals surface area contributed by atoms with Gasteiger partial charge in [-0.05, 0) is 43.7 Å². The molecule has 2 fully saturated rings. The molecule has 4 unspecified atom stereocenters. The second kappa shape index (κ2) is 8.90. The van der Waals surface area contributed by atoms with E-state index in [1.54, 1.807) is 12.4 Å². The van der Waals surface area contributed by atoms with Crippen LogP contribution in [-0.2, 0) is 9.59 Å². The topological polar surface area (TPSA) is 104 Å². The van der Waals surface area contributed by atoms with E-state index >= 15 is 0 Å². The number of carbonyl (C=O) groups is 2. The summed E-state index contributed by atoms with van der Waals surface area (Å²) >= 11 is 0.